The van der Waals surface area contributed by atoms with E-state index in [-0.39, 0.29) is 18.4 Å². The van der Waals surface area contributed by atoms with Crippen LogP contribution in [0.15, 0.2) is 24.3 Å². The molecule has 1 saturated heterocycles. The van der Waals surface area contributed by atoms with E-state index in [4.69, 9.17) is 5.26 Å². The van der Waals surface area contributed by atoms with E-state index in [1.807, 2.05) is 6.07 Å². The number of nitrogens with zero attached hydrogens (tertiary/aromatic N) is 2. The summed E-state index contributed by atoms with van der Waals surface area (Å²) in [5.74, 6) is -0.126. The van der Waals surface area contributed by atoms with Crippen molar-refractivity contribution in [2.45, 2.75) is 37.5 Å². The molecule has 1 aliphatic heterocycles. The van der Waals surface area contributed by atoms with Crippen molar-refractivity contribution in [2.24, 2.45) is 0 Å². The molecule has 1 atom stereocenters. The molecule has 2 rings (SSSR count). The average Bonchev–Trinajstić information content (AvgIpc) is 2.72. The molecule has 0 amide bonds. The Kier molecular flexibility index (Phi) is 5.34. The summed E-state index contributed by atoms with van der Waals surface area (Å²) in [4.78, 5) is 0. The van der Waals surface area contributed by atoms with Gasteiger partial charge in [0.25, 0.3) is 0 Å². The number of rotatable bonds is 4. The Morgan fingerprint density at radius 2 is 2.14 bits per heavy atom. The Bertz CT molecular complexity index is 622. The van der Waals surface area contributed by atoms with Gasteiger partial charge in [-0.2, -0.15) is 9.57 Å². The Hall–Kier alpha value is -1.42. The van der Waals surface area contributed by atoms with Crippen LogP contribution in [0.25, 0.3) is 0 Å². The highest BCUT2D eigenvalue weighted by atomic mass is 32.2. The molecule has 1 unspecified atom stereocenters. The minimum absolute atomic E-state index is 0.126. The van der Waals surface area contributed by atoms with Crippen molar-refractivity contribution in [3.8, 4) is 6.07 Å². The zero-order valence-corrected chi connectivity index (χ0v) is 12.7. The number of hydrogen-bond donors (Lipinski definition) is 1. The Labute approximate surface area is 125 Å². The minimum atomic E-state index is -3.48. The minimum Gasteiger partial charge on any atom is -0.395 e. The van der Waals surface area contributed by atoms with Gasteiger partial charge in [0, 0.05) is 12.6 Å². The largest absolute Gasteiger partial charge is 0.395 e. The van der Waals surface area contributed by atoms with Crippen LogP contribution in [0.1, 0.15) is 36.8 Å². The van der Waals surface area contributed by atoms with E-state index in [1.54, 1.807) is 24.3 Å². The monoisotopic (exact) mass is 308 g/mol. The van der Waals surface area contributed by atoms with E-state index in [0.717, 1.165) is 19.3 Å². The molecular weight excluding hydrogens is 288 g/mol. The Balaban J connectivity index is 2.21. The van der Waals surface area contributed by atoms with Crippen LogP contribution in [-0.2, 0) is 15.8 Å². The van der Waals surface area contributed by atoms with Crippen molar-refractivity contribution in [3.05, 3.63) is 35.4 Å². The van der Waals surface area contributed by atoms with Gasteiger partial charge >= 0.3 is 0 Å². The number of benzene rings is 1. The fourth-order valence-corrected chi connectivity index (χ4v) is 4.52. The Morgan fingerprint density at radius 1 is 1.33 bits per heavy atom. The molecule has 5 nitrogen and oxygen atoms in total. The second kappa shape index (κ2) is 7.03. The van der Waals surface area contributed by atoms with Crippen molar-refractivity contribution in [1.82, 2.24) is 4.31 Å². The van der Waals surface area contributed by atoms with Crippen molar-refractivity contribution >= 4 is 10.0 Å². The summed E-state index contributed by atoms with van der Waals surface area (Å²) < 4.78 is 26.7. The molecule has 0 spiro atoms. The molecule has 21 heavy (non-hydrogen) atoms. The SMILES string of the molecule is N#Cc1cccc(CS(=O)(=O)N2CCCCCC2CO)c1. The first-order valence-electron chi connectivity index (χ1n) is 7.16. The summed E-state index contributed by atoms with van der Waals surface area (Å²) in [5.41, 5.74) is 1.06. The van der Waals surface area contributed by atoms with Gasteiger partial charge in [0.05, 0.1) is 24.0 Å². The zero-order valence-electron chi connectivity index (χ0n) is 11.9. The highest BCUT2D eigenvalue weighted by molar-refractivity contribution is 7.88. The summed E-state index contributed by atoms with van der Waals surface area (Å²) in [6, 6.07) is 8.35. The lowest BCUT2D eigenvalue weighted by Gasteiger charge is -2.27. The van der Waals surface area contributed by atoms with Gasteiger partial charge in [-0.15, -0.1) is 0 Å². The van der Waals surface area contributed by atoms with Crippen molar-refractivity contribution in [2.75, 3.05) is 13.2 Å². The molecule has 114 valence electrons. The van der Waals surface area contributed by atoms with Gasteiger partial charge in [-0.3, -0.25) is 0 Å². The fraction of sp³-hybridized carbons (Fsp3) is 0.533. The van der Waals surface area contributed by atoms with Crippen LogP contribution in [-0.4, -0.2) is 37.0 Å². The first-order valence-corrected chi connectivity index (χ1v) is 8.77. The van der Waals surface area contributed by atoms with E-state index in [9.17, 15) is 13.5 Å². The normalized spacial score (nSPS) is 20.7. The summed E-state index contributed by atoms with van der Waals surface area (Å²) in [6.07, 6.45) is 3.47. The van der Waals surface area contributed by atoms with Crippen LogP contribution in [0, 0.1) is 11.3 Å². The third-order valence-corrected chi connectivity index (χ3v) is 5.69. The molecule has 1 fully saturated rings. The Morgan fingerprint density at radius 3 is 2.86 bits per heavy atom. The van der Waals surface area contributed by atoms with Crippen molar-refractivity contribution in [1.29, 1.82) is 5.26 Å². The predicted molar refractivity (Wildman–Crippen MR) is 79.8 cm³/mol. The molecule has 0 aliphatic carbocycles. The summed E-state index contributed by atoms with van der Waals surface area (Å²) >= 11 is 0. The molecule has 1 aliphatic rings. The van der Waals surface area contributed by atoms with E-state index in [2.05, 4.69) is 0 Å². The van der Waals surface area contributed by atoms with E-state index in [0.29, 0.717) is 24.1 Å². The second-order valence-electron chi connectivity index (χ2n) is 5.36. The van der Waals surface area contributed by atoms with E-state index >= 15 is 0 Å². The van der Waals surface area contributed by atoms with Gasteiger partial charge in [-0.05, 0) is 30.5 Å². The topological polar surface area (TPSA) is 81.4 Å². The number of aliphatic hydroxyl groups excluding tert-OH is 1. The second-order valence-corrected chi connectivity index (χ2v) is 7.29. The molecule has 1 N–H and O–H groups in total. The van der Waals surface area contributed by atoms with Crippen LogP contribution in [0.3, 0.4) is 0 Å². The lowest BCUT2D eigenvalue weighted by Crippen LogP contribution is -2.42. The third kappa shape index (κ3) is 4.03. The van der Waals surface area contributed by atoms with Crippen LogP contribution in [0.2, 0.25) is 0 Å². The van der Waals surface area contributed by atoms with Crippen LogP contribution in [0.5, 0.6) is 0 Å². The highest BCUT2D eigenvalue weighted by Crippen LogP contribution is 2.22. The van der Waals surface area contributed by atoms with E-state index < -0.39 is 10.0 Å². The maximum atomic E-state index is 12.6. The number of hydrogen-bond acceptors (Lipinski definition) is 4. The maximum Gasteiger partial charge on any atom is 0.218 e. The number of aliphatic hydroxyl groups is 1. The van der Waals surface area contributed by atoms with Gasteiger partial charge in [0.2, 0.25) is 10.0 Å². The smallest absolute Gasteiger partial charge is 0.218 e. The maximum absolute atomic E-state index is 12.6. The van der Waals surface area contributed by atoms with Crippen LogP contribution >= 0.6 is 0 Å². The molecule has 0 bridgehead atoms. The molecule has 0 aromatic heterocycles. The molecular formula is C15H20N2O3S. The summed E-state index contributed by atoms with van der Waals surface area (Å²) in [7, 11) is -3.48. The van der Waals surface area contributed by atoms with Crippen molar-refractivity contribution < 1.29 is 13.5 Å². The lowest BCUT2D eigenvalue weighted by molar-refractivity contribution is 0.186. The first-order chi connectivity index (χ1) is 10.1. The lowest BCUT2D eigenvalue weighted by atomic mass is 10.1. The van der Waals surface area contributed by atoms with Gasteiger partial charge in [-0.25, -0.2) is 8.42 Å². The van der Waals surface area contributed by atoms with Gasteiger partial charge in [0.15, 0.2) is 0 Å². The third-order valence-electron chi connectivity index (χ3n) is 3.80. The average molecular weight is 308 g/mol. The van der Waals surface area contributed by atoms with Gasteiger partial charge < -0.3 is 5.11 Å². The molecule has 6 heteroatoms. The molecule has 0 saturated carbocycles. The van der Waals surface area contributed by atoms with Gasteiger partial charge in [-0.1, -0.05) is 25.0 Å². The summed E-state index contributed by atoms with van der Waals surface area (Å²) in [5, 5.41) is 18.3. The summed E-state index contributed by atoms with van der Waals surface area (Å²) in [6.45, 7) is 0.322. The molecule has 0 radical (unpaired) electrons. The number of sulfonamides is 1. The zero-order chi connectivity index (χ0) is 15.3. The first kappa shape index (κ1) is 16.0. The standard InChI is InChI=1S/C15H20N2O3S/c16-10-13-5-4-6-14(9-13)12-21(19,20)17-8-3-1-2-7-15(17)11-18/h4-6,9,15,18H,1-3,7-8,11-12H2. The molecule has 1 heterocycles. The van der Waals surface area contributed by atoms with Crippen LogP contribution in [0.4, 0.5) is 0 Å². The van der Waals surface area contributed by atoms with Crippen LogP contribution < -0.4 is 0 Å². The molecule has 1 aromatic carbocycles. The highest BCUT2D eigenvalue weighted by Gasteiger charge is 2.30. The predicted octanol–water partition coefficient (Wildman–Crippen LogP) is 1.62. The van der Waals surface area contributed by atoms with Crippen molar-refractivity contribution in [3.63, 3.8) is 0 Å². The fourth-order valence-electron chi connectivity index (χ4n) is 2.72. The molecule has 1 aromatic rings. The quantitative estimate of drug-likeness (QED) is 0.916. The van der Waals surface area contributed by atoms with E-state index in [1.165, 1.54) is 4.31 Å². The number of nitriles is 1. The van der Waals surface area contributed by atoms with Gasteiger partial charge in [0.1, 0.15) is 0 Å².